The molecule has 2 nitrogen and oxygen atoms in total. The van der Waals surface area contributed by atoms with E-state index in [-0.39, 0.29) is 6.04 Å². The van der Waals surface area contributed by atoms with Gasteiger partial charge in [-0.3, -0.25) is 0 Å². The van der Waals surface area contributed by atoms with E-state index in [1.165, 1.54) is 0 Å². The quantitative estimate of drug-likeness (QED) is 0.732. The summed E-state index contributed by atoms with van der Waals surface area (Å²) in [5.41, 5.74) is 6.88. The highest BCUT2D eigenvalue weighted by Crippen LogP contribution is 2.25. The highest BCUT2D eigenvalue weighted by molar-refractivity contribution is 6.32. The van der Waals surface area contributed by atoms with Crippen LogP contribution in [-0.4, -0.2) is 0 Å². The van der Waals surface area contributed by atoms with Gasteiger partial charge < -0.3 is 5.73 Å². The van der Waals surface area contributed by atoms with Crippen LogP contribution in [0.1, 0.15) is 17.2 Å². The minimum atomic E-state index is -0.319. The monoisotopic (exact) mass is 192 g/mol. The van der Waals surface area contributed by atoms with Gasteiger partial charge >= 0.3 is 0 Å². The minimum Gasteiger partial charge on any atom is -0.321 e. The molecule has 0 aromatic heterocycles. The van der Waals surface area contributed by atoms with E-state index >= 15 is 0 Å². The third-order valence-electron chi connectivity index (χ3n) is 1.76. The molecule has 0 aliphatic carbocycles. The van der Waals surface area contributed by atoms with Gasteiger partial charge in [0.15, 0.2) is 0 Å². The average Bonchev–Trinajstić information content (AvgIpc) is 2.17. The number of nitrogens with zero attached hydrogens (tertiary/aromatic N) is 1. The van der Waals surface area contributed by atoms with Crippen LogP contribution < -0.4 is 5.73 Å². The molecule has 0 bridgehead atoms. The molecular formula is C10H9ClN2. The summed E-state index contributed by atoms with van der Waals surface area (Å²) in [4.78, 5) is 0. The van der Waals surface area contributed by atoms with Gasteiger partial charge in [0.2, 0.25) is 0 Å². The molecule has 1 rings (SSSR count). The molecule has 13 heavy (non-hydrogen) atoms. The number of halogens is 1. The first-order chi connectivity index (χ1) is 6.20. The molecule has 0 heterocycles. The molecule has 0 aliphatic rings. The fourth-order valence-electron chi connectivity index (χ4n) is 1.02. The van der Waals surface area contributed by atoms with Crippen molar-refractivity contribution in [3.63, 3.8) is 0 Å². The van der Waals surface area contributed by atoms with Crippen LogP contribution in [0.2, 0.25) is 5.02 Å². The van der Waals surface area contributed by atoms with Crippen LogP contribution in [0.5, 0.6) is 0 Å². The van der Waals surface area contributed by atoms with Gasteiger partial charge in [-0.25, -0.2) is 0 Å². The predicted molar refractivity (Wildman–Crippen MR) is 53.3 cm³/mol. The van der Waals surface area contributed by atoms with Crippen molar-refractivity contribution in [1.29, 1.82) is 5.26 Å². The maximum absolute atomic E-state index is 8.70. The van der Waals surface area contributed by atoms with Crippen molar-refractivity contribution in [2.45, 2.75) is 6.04 Å². The summed E-state index contributed by atoms with van der Waals surface area (Å²) in [6.45, 7) is 3.57. The molecular weight excluding hydrogens is 184 g/mol. The lowest BCUT2D eigenvalue weighted by Crippen LogP contribution is -2.07. The van der Waals surface area contributed by atoms with Gasteiger partial charge in [0, 0.05) is 6.04 Å². The molecule has 0 fully saturated rings. The molecule has 0 amide bonds. The highest BCUT2D eigenvalue weighted by atomic mass is 35.5. The van der Waals surface area contributed by atoms with E-state index in [1.807, 2.05) is 6.07 Å². The molecule has 0 aliphatic heterocycles. The van der Waals surface area contributed by atoms with Gasteiger partial charge in [0.05, 0.1) is 10.6 Å². The smallest absolute Gasteiger partial charge is 0.101 e. The van der Waals surface area contributed by atoms with Gasteiger partial charge in [-0.1, -0.05) is 29.8 Å². The number of benzene rings is 1. The van der Waals surface area contributed by atoms with E-state index < -0.39 is 0 Å². The van der Waals surface area contributed by atoms with Crippen molar-refractivity contribution < 1.29 is 0 Å². The molecule has 0 radical (unpaired) electrons. The largest absolute Gasteiger partial charge is 0.321 e. The lowest BCUT2D eigenvalue weighted by Gasteiger charge is -2.09. The number of nitriles is 1. The summed E-state index contributed by atoms with van der Waals surface area (Å²) in [5.74, 6) is 0. The Morgan fingerprint density at radius 1 is 1.62 bits per heavy atom. The zero-order chi connectivity index (χ0) is 9.84. The summed E-state index contributed by atoms with van der Waals surface area (Å²) in [7, 11) is 0. The van der Waals surface area contributed by atoms with E-state index in [0.29, 0.717) is 10.6 Å². The topological polar surface area (TPSA) is 49.8 Å². The Kier molecular flexibility index (Phi) is 3.07. The number of nitrogens with two attached hydrogens (primary N) is 1. The average molecular weight is 193 g/mol. The first kappa shape index (κ1) is 9.79. The first-order valence-electron chi connectivity index (χ1n) is 3.77. The van der Waals surface area contributed by atoms with Gasteiger partial charge in [0.1, 0.15) is 6.07 Å². The Balaban J connectivity index is 3.25. The molecule has 1 aromatic rings. The van der Waals surface area contributed by atoms with Gasteiger partial charge in [-0.05, 0) is 11.6 Å². The maximum atomic E-state index is 8.70. The second-order valence-electron chi connectivity index (χ2n) is 2.58. The van der Waals surface area contributed by atoms with Crippen LogP contribution in [0.4, 0.5) is 0 Å². The molecule has 0 unspecified atom stereocenters. The molecule has 66 valence electrons. The first-order valence-corrected chi connectivity index (χ1v) is 4.15. The molecule has 2 N–H and O–H groups in total. The molecule has 1 atom stereocenters. The van der Waals surface area contributed by atoms with Gasteiger partial charge in [-0.2, -0.15) is 5.26 Å². The number of rotatable bonds is 2. The van der Waals surface area contributed by atoms with Crippen molar-refractivity contribution in [3.05, 3.63) is 47.0 Å². The Bertz CT molecular complexity index is 366. The predicted octanol–water partition coefficient (Wildman–Crippen LogP) is 2.40. The van der Waals surface area contributed by atoms with Crippen LogP contribution in [-0.2, 0) is 0 Å². The minimum absolute atomic E-state index is 0.319. The Labute approximate surface area is 82.2 Å². The van der Waals surface area contributed by atoms with E-state index in [1.54, 1.807) is 24.3 Å². The maximum Gasteiger partial charge on any atom is 0.101 e. The summed E-state index contributed by atoms with van der Waals surface area (Å²) < 4.78 is 0. The van der Waals surface area contributed by atoms with Crippen LogP contribution in [0, 0.1) is 11.3 Å². The van der Waals surface area contributed by atoms with E-state index in [2.05, 4.69) is 6.58 Å². The lowest BCUT2D eigenvalue weighted by atomic mass is 10.1. The molecule has 3 heteroatoms. The van der Waals surface area contributed by atoms with E-state index in [9.17, 15) is 0 Å². The second kappa shape index (κ2) is 4.08. The number of hydrogen-bond donors (Lipinski definition) is 1. The standard InChI is InChI=1S/C10H9ClN2/c1-2-9(13)8-5-3-4-7(6-12)10(8)11/h2-5,9H,1,13H2/t9-/m1/s1. The fourth-order valence-corrected chi connectivity index (χ4v) is 1.31. The van der Waals surface area contributed by atoms with Crippen molar-refractivity contribution in [2.24, 2.45) is 5.73 Å². The van der Waals surface area contributed by atoms with Crippen molar-refractivity contribution in [1.82, 2.24) is 0 Å². The third-order valence-corrected chi connectivity index (χ3v) is 2.18. The van der Waals surface area contributed by atoms with Crippen LogP contribution in [0.25, 0.3) is 0 Å². The summed E-state index contributed by atoms with van der Waals surface area (Å²) >= 11 is 5.93. The Hall–Kier alpha value is -1.30. The summed E-state index contributed by atoms with van der Waals surface area (Å²) in [6.07, 6.45) is 1.59. The zero-order valence-electron chi connectivity index (χ0n) is 7.00. The van der Waals surface area contributed by atoms with Crippen LogP contribution >= 0.6 is 11.6 Å². The summed E-state index contributed by atoms with van der Waals surface area (Å²) in [5, 5.41) is 9.11. The van der Waals surface area contributed by atoms with Crippen molar-refractivity contribution in [3.8, 4) is 6.07 Å². The number of hydrogen-bond acceptors (Lipinski definition) is 2. The molecule has 0 spiro atoms. The highest BCUT2D eigenvalue weighted by Gasteiger charge is 2.09. The zero-order valence-corrected chi connectivity index (χ0v) is 7.75. The SMILES string of the molecule is C=C[C@@H](N)c1cccc(C#N)c1Cl. The van der Waals surface area contributed by atoms with Crippen molar-refractivity contribution >= 4 is 11.6 Å². The molecule has 0 saturated heterocycles. The summed E-state index contributed by atoms with van der Waals surface area (Å²) in [6, 6.07) is 6.87. The Morgan fingerprint density at radius 2 is 2.31 bits per heavy atom. The lowest BCUT2D eigenvalue weighted by molar-refractivity contribution is 0.914. The van der Waals surface area contributed by atoms with E-state index in [4.69, 9.17) is 22.6 Å². The van der Waals surface area contributed by atoms with Gasteiger partial charge in [-0.15, -0.1) is 6.58 Å². The molecule has 1 aromatic carbocycles. The normalized spacial score (nSPS) is 11.8. The molecule has 0 saturated carbocycles. The van der Waals surface area contributed by atoms with E-state index in [0.717, 1.165) is 5.56 Å². The van der Waals surface area contributed by atoms with Crippen LogP contribution in [0.3, 0.4) is 0 Å². The second-order valence-corrected chi connectivity index (χ2v) is 2.96. The Morgan fingerprint density at radius 3 is 2.85 bits per heavy atom. The van der Waals surface area contributed by atoms with Crippen molar-refractivity contribution in [2.75, 3.05) is 0 Å². The van der Waals surface area contributed by atoms with Gasteiger partial charge in [0.25, 0.3) is 0 Å². The fraction of sp³-hybridized carbons (Fsp3) is 0.100. The third kappa shape index (κ3) is 1.89. The van der Waals surface area contributed by atoms with Crippen LogP contribution in [0.15, 0.2) is 30.9 Å².